The lowest BCUT2D eigenvalue weighted by Gasteiger charge is -2.12. The van der Waals surface area contributed by atoms with E-state index in [9.17, 15) is 4.79 Å². The maximum Gasteiger partial charge on any atom is 0.319 e. The summed E-state index contributed by atoms with van der Waals surface area (Å²) in [7, 11) is 3.16. The number of carbonyl (C=O) groups excluding carboxylic acids is 1. The number of hydrogen-bond acceptors (Lipinski definition) is 6. The molecule has 0 saturated heterocycles. The van der Waals surface area contributed by atoms with Crippen molar-refractivity contribution in [2.24, 2.45) is 0 Å². The second-order valence-corrected chi connectivity index (χ2v) is 5.29. The van der Waals surface area contributed by atoms with Crippen molar-refractivity contribution in [1.82, 2.24) is 25.5 Å². The fourth-order valence-corrected chi connectivity index (χ4v) is 2.33. The average Bonchev–Trinajstić information content (AvgIpc) is 3.21. The van der Waals surface area contributed by atoms with Crippen molar-refractivity contribution in [3.05, 3.63) is 54.4 Å². The molecule has 3 rings (SSSR count). The first kappa shape index (κ1) is 17.2. The zero-order valence-corrected chi connectivity index (χ0v) is 14.3. The summed E-state index contributed by atoms with van der Waals surface area (Å²) in [5, 5.41) is 16.5. The van der Waals surface area contributed by atoms with E-state index >= 15 is 0 Å². The van der Waals surface area contributed by atoms with Crippen LogP contribution in [-0.2, 0) is 6.54 Å². The van der Waals surface area contributed by atoms with Gasteiger partial charge >= 0.3 is 6.03 Å². The van der Waals surface area contributed by atoms with E-state index in [1.54, 1.807) is 44.6 Å². The zero-order valence-electron chi connectivity index (χ0n) is 14.3. The number of methoxy groups -OCH3 is 2. The number of nitrogens with zero attached hydrogens (tertiary/aromatic N) is 4. The van der Waals surface area contributed by atoms with Crippen molar-refractivity contribution >= 4 is 11.7 Å². The smallest absolute Gasteiger partial charge is 0.319 e. The largest absolute Gasteiger partial charge is 0.497 e. The molecule has 3 aromatic rings. The fraction of sp³-hybridized carbons (Fsp3) is 0.176. The molecule has 0 unspecified atom stereocenters. The van der Waals surface area contributed by atoms with Gasteiger partial charge in [0.2, 0.25) is 0 Å². The summed E-state index contributed by atoms with van der Waals surface area (Å²) >= 11 is 0. The van der Waals surface area contributed by atoms with Crippen LogP contribution in [0.15, 0.2) is 48.8 Å². The first-order chi connectivity index (χ1) is 12.7. The molecule has 134 valence electrons. The summed E-state index contributed by atoms with van der Waals surface area (Å²) in [6, 6.07) is 12.3. The number of ether oxygens (including phenoxy) is 2. The Labute approximate surface area is 149 Å². The summed E-state index contributed by atoms with van der Waals surface area (Å²) in [5.41, 5.74) is 2.29. The molecule has 0 bridgehead atoms. The SMILES string of the molecule is COc1ccc(CNC(=O)Nc2ccc(-n3cnnn3)cc2)c(OC)c1. The normalized spacial score (nSPS) is 10.2. The van der Waals surface area contributed by atoms with Crippen LogP contribution in [0.1, 0.15) is 5.56 Å². The highest BCUT2D eigenvalue weighted by molar-refractivity contribution is 5.89. The molecule has 0 spiro atoms. The van der Waals surface area contributed by atoms with Gasteiger partial charge in [-0.05, 0) is 46.8 Å². The third-order valence-corrected chi connectivity index (χ3v) is 3.67. The number of nitrogens with one attached hydrogen (secondary N) is 2. The molecule has 0 aliphatic heterocycles. The number of tetrazole rings is 1. The Morgan fingerprint density at radius 1 is 1.12 bits per heavy atom. The molecular weight excluding hydrogens is 336 g/mol. The molecule has 26 heavy (non-hydrogen) atoms. The molecule has 2 aromatic carbocycles. The summed E-state index contributed by atoms with van der Waals surface area (Å²) in [6.07, 6.45) is 1.50. The van der Waals surface area contributed by atoms with Crippen LogP contribution >= 0.6 is 0 Å². The van der Waals surface area contributed by atoms with Gasteiger partial charge in [-0.2, -0.15) is 0 Å². The standard InChI is InChI=1S/C17H18N6O3/c1-25-15-8-3-12(16(9-15)26-2)10-18-17(24)20-13-4-6-14(7-5-13)23-11-19-21-22-23/h3-9,11H,10H2,1-2H3,(H2,18,20,24). The molecule has 0 saturated carbocycles. The Balaban J connectivity index is 1.57. The topological polar surface area (TPSA) is 103 Å². The maximum atomic E-state index is 12.1. The monoisotopic (exact) mass is 354 g/mol. The average molecular weight is 354 g/mol. The van der Waals surface area contributed by atoms with Crippen molar-refractivity contribution < 1.29 is 14.3 Å². The molecule has 0 fully saturated rings. The van der Waals surface area contributed by atoms with E-state index < -0.39 is 0 Å². The van der Waals surface area contributed by atoms with Crippen molar-refractivity contribution in [3.63, 3.8) is 0 Å². The van der Waals surface area contributed by atoms with E-state index in [0.29, 0.717) is 23.7 Å². The second-order valence-electron chi connectivity index (χ2n) is 5.29. The highest BCUT2D eigenvalue weighted by Crippen LogP contribution is 2.24. The number of amides is 2. The van der Waals surface area contributed by atoms with Crippen LogP contribution in [-0.4, -0.2) is 40.5 Å². The van der Waals surface area contributed by atoms with Gasteiger partial charge in [0.15, 0.2) is 0 Å². The van der Waals surface area contributed by atoms with Crippen LogP contribution in [0, 0.1) is 0 Å². The van der Waals surface area contributed by atoms with E-state index in [1.165, 1.54) is 11.0 Å². The molecule has 2 amide bonds. The predicted octanol–water partition coefficient (Wildman–Crippen LogP) is 2.00. The van der Waals surface area contributed by atoms with Crippen molar-refractivity contribution in [1.29, 1.82) is 0 Å². The highest BCUT2D eigenvalue weighted by Gasteiger charge is 2.08. The Morgan fingerprint density at radius 2 is 1.92 bits per heavy atom. The predicted molar refractivity (Wildman–Crippen MR) is 94.6 cm³/mol. The van der Waals surface area contributed by atoms with Crippen LogP contribution in [0.2, 0.25) is 0 Å². The van der Waals surface area contributed by atoms with Gasteiger partial charge in [0.25, 0.3) is 0 Å². The molecule has 0 radical (unpaired) electrons. The number of carbonyl (C=O) groups is 1. The van der Waals surface area contributed by atoms with Crippen molar-refractivity contribution in [3.8, 4) is 17.2 Å². The summed E-state index contributed by atoms with van der Waals surface area (Å²) in [4.78, 5) is 12.1. The molecule has 2 N–H and O–H groups in total. The lowest BCUT2D eigenvalue weighted by molar-refractivity contribution is 0.251. The molecule has 1 aromatic heterocycles. The number of hydrogen-bond donors (Lipinski definition) is 2. The van der Waals surface area contributed by atoms with Gasteiger partial charge in [0.05, 0.1) is 19.9 Å². The van der Waals surface area contributed by atoms with Crippen LogP contribution in [0.4, 0.5) is 10.5 Å². The molecule has 0 atom stereocenters. The zero-order chi connectivity index (χ0) is 18.4. The van der Waals surface area contributed by atoms with Gasteiger partial charge in [-0.3, -0.25) is 0 Å². The minimum Gasteiger partial charge on any atom is -0.497 e. The summed E-state index contributed by atoms with van der Waals surface area (Å²) in [5.74, 6) is 1.34. The highest BCUT2D eigenvalue weighted by atomic mass is 16.5. The van der Waals surface area contributed by atoms with E-state index in [-0.39, 0.29) is 6.03 Å². The van der Waals surface area contributed by atoms with Gasteiger partial charge in [-0.1, -0.05) is 0 Å². The van der Waals surface area contributed by atoms with Crippen LogP contribution in [0.3, 0.4) is 0 Å². The van der Waals surface area contributed by atoms with Gasteiger partial charge in [-0.15, -0.1) is 5.10 Å². The number of benzene rings is 2. The van der Waals surface area contributed by atoms with Gasteiger partial charge < -0.3 is 20.1 Å². The molecule has 9 heteroatoms. The minimum absolute atomic E-state index is 0.321. The number of aromatic nitrogens is 4. The molecule has 9 nitrogen and oxygen atoms in total. The third kappa shape index (κ3) is 4.07. The van der Waals surface area contributed by atoms with E-state index in [1.807, 2.05) is 12.1 Å². The maximum absolute atomic E-state index is 12.1. The first-order valence-electron chi connectivity index (χ1n) is 7.79. The third-order valence-electron chi connectivity index (χ3n) is 3.67. The van der Waals surface area contributed by atoms with Gasteiger partial charge in [0, 0.05) is 23.9 Å². The molecular formula is C17H18N6O3. The number of anilines is 1. The number of rotatable bonds is 6. The van der Waals surface area contributed by atoms with E-state index in [0.717, 1.165) is 11.3 Å². The fourth-order valence-electron chi connectivity index (χ4n) is 2.33. The second kappa shape index (κ2) is 7.97. The van der Waals surface area contributed by atoms with Crippen molar-refractivity contribution in [2.75, 3.05) is 19.5 Å². The summed E-state index contributed by atoms with van der Waals surface area (Å²) in [6.45, 7) is 0.321. The Hall–Kier alpha value is -3.62. The summed E-state index contributed by atoms with van der Waals surface area (Å²) < 4.78 is 12.0. The van der Waals surface area contributed by atoms with Crippen LogP contribution in [0.5, 0.6) is 11.5 Å². The van der Waals surface area contributed by atoms with E-state index in [4.69, 9.17) is 9.47 Å². The van der Waals surface area contributed by atoms with Crippen LogP contribution in [0.25, 0.3) is 5.69 Å². The lowest BCUT2D eigenvalue weighted by Crippen LogP contribution is -2.28. The Bertz CT molecular complexity index is 865. The first-order valence-corrected chi connectivity index (χ1v) is 7.79. The molecule has 0 aliphatic rings. The van der Waals surface area contributed by atoms with Gasteiger partial charge in [-0.25, -0.2) is 9.48 Å². The number of urea groups is 1. The van der Waals surface area contributed by atoms with Crippen LogP contribution < -0.4 is 20.1 Å². The van der Waals surface area contributed by atoms with Gasteiger partial charge in [0.1, 0.15) is 17.8 Å². The molecule has 0 aliphatic carbocycles. The lowest BCUT2D eigenvalue weighted by atomic mass is 10.2. The minimum atomic E-state index is -0.321. The van der Waals surface area contributed by atoms with E-state index in [2.05, 4.69) is 26.2 Å². The van der Waals surface area contributed by atoms with Crippen molar-refractivity contribution in [2.45, 2.75) is 6.54 Å². The quantitative estimate of drug-likeness (QED) is 0.702. The molecule has 1 heterocycles. The Morgan fingerprint density at radius 3 is 2.58 bits per heavy atom. The Kier molecular flexibility index (Phi) is 5.28.